The third-order valence-corrected chi connectivity index (χ3v) is 6.91. The molecule has 34 heavy (non-hydrogen) atoms. The second kappa shape index (κ2) is 9.11. The van der Waals surface area contributed by atoms with E-state index in [9.17, 15) is 4.79 Å². The molecule has 10 heteroatoms. The number of rotatable bonds is 7. The molecule has 1 saturated heterocycles. The first-order valence-electron chi connectivity index (χ1n) is 11.3. The first kappa shape index (κ1) is 22.4. The van der Waals surface area contributed by atoms with Gasteiger partial charge in [0.1, 0.15) is 22.5 Å². The molecule has 0 bridgehead atoms. The van der Waals surface area contributed by atoms with Crippen LogP contribution in [0, 0.1) is 12.3 Å². The van der Waals surface area contributed by atoms with Crippen molar-refractivity contribution in [1.82, 2.24) is 30.0 Å². The van der Waals surface area contributed by atoms with E-state index in [0.717, 1.165) is 82.9 Å². The minimum Gasteiger partial charge on any atom is -0.369 e. The van der Waals surface area contributed by atoms with Crippen LogP contribution in [0.15, 0.2) is 36.7 Å². The predicted molar refractivity (Wildman–Crippen MR) is 136 cm³/mol. The number of aryl methyl sites for hydroxylation is 1. The first-order chi connectivity index (χ1) is 16.4. The molecule has 9 nitrogen and oxygen atoms in total. The number of piperazine rings is 1. The Balaban J connectivity index is 1.27. The van der Waals surface area contributed by atoms with E-state index in [1.165, 1.54) is 11.3 Å². The zero-order valence-corrected chi connectivity index (χ0v) is 20.4. The zero-order valence-electron chi connectivity index (χ0n) is 19.6. The summed E-state index contributed by atoms with van der Waals surface area (Å²) in [5.74, 6) is 0.756. The molecule has 4 aromatic heterocycles. The Kier molecular flexibility index (Phi) is 6.01. The van der Waals surface area contributed by atoms with Gasteiger partial charge in [-0.05, 0) is 25.1 Å². The summed E-state index contributed by atoms with van der Waals surface area (Å²) < 4.78 is 0. The molecule has 0 amide bonds. The summed E-state index contributed by atoms with van der Waals surface area (Å²) in [6.45, 7) is 10.5. The Bertz CT molecular complexity index is 1310. The molecule has 0 atom stereocenters. The second-order valence-electron chi connectivity index (χ2n) is 9.34. The van der Waals surface area contributed by atoms with Gasteiger partial charge < -0.3 is 15.0 Å². The van der Waals surface area contributed by atoms with Crippen LogP contribution >= 0.6 is 11.3 Å². The van der Waals surface area contributed by atoms with Gasteiger partial charge in [-0.25, -0.2) is 15.0 Å². The van der Waals surface area contributed by atoms with Crippen molar-refractivity contribution in [3.8, 4) is 11.3 Å². The summed E-state index contributed by atoms with van der Waals surface area (Å²) in [7, 11) is 0. The number of fused-ring (bicyclic) bond motifs is 1. The van der Waals surface area contributed by atoms with E-state index in [1.54, 1.807) is 6.20 Å². The van der Waals surface area contributed by atoms with Gasteiger partial charge in [0.25, 0.3) is 0 Å². The maximum atomic E-state index is 11.3. The molecule has 0 spiro atoms. The van der Waals surface area contributed by atoms with E-state index in [4.69, 9.17) is 4.98 Å². The monoisotopic (exact) mass is 476 g/mol. The summed E-state index contributed by atoms with van der Waals surface area (Å²) in [5, 5.41) is 11.2. The standard InChI is InChI=1S/C24H28N8OS/c1-16-18(13-26-30-16)19-4-5-20-22(27-19)34-23(28-20)29-21-12-17(6-7-25-21)32-10-8-31(9-11-32)14-24(2,3)15-33/h4-7,12-13,15H,8-11,14H2,1-3H3,(H,26,30)(H,25,28,29). The third kappa shape index (κ3) is 4.78. The highest BCUT2D eigenvalue weighted by Gasteiger charge is 2.24. The largest absolute Gasteiger partial charge is 0.369 e. The number of thiazole rings is 1. The van der Waals surface area contributed by atoms with Crippen molar-refractivity contribution in [3.05, 3.63) is 42.4 Å². The number of carbonyl (C=O) groups excluding carboxylic acids is 1. The van der Waals surface area contributed by atoms with E-state index in [1.807, 2.05) is 45.2 Å². The van der Waals surface area contributed by atoms with E-state index in [2.05, 4.69) is 41.3 Å². The number of hydrogen-bond acceptors (Lipinski definition) is 9. The maximum absolute atomic E-state index is 11.3. The number of nitrogens with one attached hydrogen (secondary N) is 2. The second-order valence-corrected chi connectivity index (χ2v) is 10.3. The Hall–Kier alpha value is -3.37. The Morgan fingerprint density at radius 3 is 2.74 bits per heavy atom. The van der Waals surface area contributed by atoms with Gasteiger partial charge in [-0.15, -0.1) is 0 Å². The minimum atomic E-state index is -0.305. The zero-order chi connectivity index (χ0) is 23.7. The van der Waals surface area contributed by atoms with Crippen LogP contribution in [0.2, 0.25) is 0 Å². The molecule has 176 valence electrons. The van der Waals surface area contributed by atoms with Crippen molar-refractivity contribution in [2.75, 3.05) is 42.9 Å². The summed E-state index contributed by atoms with van der Waals surface area (Å²) in [6, 6.07) is 8.06. The number of aldehydes is 1. The van der Waals surface area contributed by atoms with Gasteiger partial charge in [-0.3, -0.25) is 10.00 Å². The molecule has 0 saturated carbocycles. The van der Waals surface area contributed by atoms with Gasteiger partial charge in [0, 0.05) is 67.3 Å². The summed E-state index contributed by atoms with van der Waals surface area (Å²) in [5.41, 5.74) is 4.54. The van der Waals surface area contributed by atoms with Gasteiger partial charge in [0.05, 0.1) is 11.9 Å². The lowest BCUT2D eigenvalue weighted by Crippen LogP contribution is -2.49. The Labute approximate surface area is 202 Å². The number of aromatic amines is 1. The van der Waals surface area contributed by atoms with Crippen molar-refractivity contribution >= 4 is 44.6 Å². The van der Waals surface area contributed by atoms with Gasteiger partial charge in [0.15, 0.2) is 5.13 Å². The summed E-state index contributed by atoms with van der Waals surface area (Å²) in [4.78, 5) is 30.8. The van der Waals surface area contributed by atoms with Gasteiger partial charge in [0.2, 0.25) is 0 Å². The molecule has 5 rings (SSSR count). The highest BCUT2D eigenvalue weighted by Crippen LogP contribution is 2.30. The van der Waals surface area contributed by atoms with Crippen LogP contribution in [0.1, 0.15) is 19.5 Å². The van der Waals surface area contributed by atoms with E-state index < -0.39 is 0 Å². The molecule has 1 fully saturated rings. The molecule has 5 heterocycles. The molecule has 0 aromatic carbocycles. The number of hydrogen-bond donors (Lipinski definition) is 2. The molecule has 0 unspecified atom stereocenters. The topological polar surface area (TPSA) is 103 Å². The fourth-order valence-corrected chi connectivity index (χ4v) is 5.05. The lowest BCUT2D eigenvalue weighted by molar-refractivity contribution is -0.115. The van der Waals surface area contributed by atoms with Crippen LogP contribution in [0.25, 0.3) is 21.6 Å². The van der Waals surface area contributed by atoms with Crippen molar-refractivity contribution < 1.29 is 4.79 Å². The van der Waals surface area contributed by atoms with Crippen LogP contribution < -0.4 is 10.2 Å². The van der Waals surface area contributed by atoms with E-state index in [-0.39, 0.29) is 5.41 Å². The molecular weight excluding hydrogens is 448 g/mol. The highest BCUT2D eigenvalue weighted by atomic mass is 32.1. The molecule has 0 aliphatic carbocycles. The van der Waals surface area contributed by atoms with Crippen LogP contribution in [0.5, 0.6) is 0 Å². The third-order valence-electron chi connectivity index (χ3n) is 6.03. The maximum Gasteiger partial charge on any atom is 0.190 e. The number of nitrogens with zero attached hydrogens (tertiary/aromatic N) is 6. The van der Waals surface area contributed by atoms with Crippen LogP contribution in [0.4, 0.5) is 16.6 Å². The normalized spacial score (nSPS) is 15.1. The fraction of sp³-hybridized carbons (Fsp3) is 0.375. The van der Waals surface area contributed by atoms with Gasteiger partial charge in [-0.2, -0.15) is 5.10 Å². The molecule has 0 radical (unpaired) electrons. The average Bonchev–Trinajstić information content (AvgIpc) is 3.44. The molecule has 1 aliphatic heterocycles. The summed E-state index contributed by atoms with van der Waals surface area (Å²) >= 11 is 1.51. The predicted octanol–water partition coefficient (Wildman–Crippen LogP) is 3.88. The van der Waals surface area contributed by atoms with Crippen molar-refractivity contribution in [2.45, 2.75) is 20.8 Å². The first-order valence-corrected chi connectivity index (χ1v) is 12.2. The van der Waals surface area contributed by atoms with E-state index in [0.29, 0.717) is 0 Å². The summed E-state index contributed by atoms with van der Waals surface area (Å²) in [6.07, 6.45) is 4.67. The number of anilines is 3. The quantitative estimate of drug-likeness (QED) is 0.388. The van der Waals surface area contributed by atoms with Crippen LogP contribution in [0.3, 0.4) is 0 Å². The minimum absolute atomic E-state index is 0.305. The van der Waals surface area contributed by atoms with Gasteiger partial charge >= 0.3 is 0 Å². The van der Waals surface area contributed by atoms with Crippen molar-refractivity contribution in [1.29, 1.82) is 0 Å². The van der Waals surface area contributed by atoms with Crippen LogP contribution in [-0.4, -0.2) is 69.1 Å². The average molecular weight is 477 g/mol. The molecule has 2 N–H and O–H groups in total. The van der Waals surface area contributed by atoms with E-state index >= 15 is 0 Å². The Morgan fingerprint density at radius 2 is 2.00 bits per heavy atom. The van der Waals surface area contributed by atoms with Crippen molar-refractivity contribution in [3.63, 3.8) is 0 Å². The molecule has 1 aliphatic rings. The number of aromatic nitrogens is 5. The SMILES string of the molecule is Cc1[nH]ncc1-c1ccc2nc(Nc3cc(N4CCN(CC(C)(C)C=O)CC4)ccn3)sc2n1. The molecule has 4 aromatic rings. The number of pyridine rings is 2. The lowest BCUT2D eigenvalue weighted by Gasteiger charge is -2.38. The van der Waals surface area contributed by atoms with Crippen molar-refractivity contribution in [2.24, 2.45) is 5.41 Å². The Morgan fingerprint density at radius 1 is 1.18 bits per heavy atom. The number of carbonyl (C=O) groups is 1. The smallest absolute Gasteiger partial charge is 0.190 e. The number of H-pyrrole nitrogens is 1. The van der Waals surface area contributed by atoms with Crippen LogP contribution in [-0.2, 0) is 4.79 Å². The lowest BCUT2D eigenvalue weighted by atomic mass is 9.95. The highest BCUT2D eigenvalue weighted by molar-refractivity contribution is 7.21. The van der Waals surface area contributed by atoms with Gasteiger partial charge in [-0.1, -0.05) is 25.2 Å². The molecular formula is C24H28N8OS. The fourth-order valence-electron chi connectivity index (χ4n) is 4.20.